The van der Waals surface area contributed by atoms with Gasteiger partial charge >= 0.3 is 0 Å². The molecular weight excluding hydrogens is 104 g/mol. The van der Waals surface area contributed by atoms with E-state index in [1.807, 2.05) is 0 Å². The van der Waals surface area contributed by atoms with Crippen LogP contribution < -0.4 is 0 Å². The maximum absolute atomic E-state index is 9.65. The minimum Gasteiger partial charge on any atom is -0.261 e. The zero-order valence-corrected chi connectivity index (χ0v) is 4.03. The molecule has 0 bridgehead atoms. The first-order valence-corrected chi connectivity index (χ1v) is 2.96. The second kappa shape index (κ2) is 1.57. The SMILES string of the molecule is [CH]OS(C)(=O)=O. The van der Waals surface area contributed by atoms with E-state index in [1.54, 1.807) is 0 Å². The summed E-state index contributed by atoms with van der Waals surface area (Å²) in [5, 5.41) is 0. The van der Waals surface area contributed by atoms with E-state index in [0.717, 1.165) is 6.26 Å². The maximum atomic E-state index is 9.65. The summed E-state index contributed by atoms with van der Waals surface area (Å²) in [5.41, 5.74) is 0. The second-order valence-electron chi connectivity index (χ2n) is 0.800. The van der Waals surface area contributed by atoms with Crippen molar-refractivity contribution in [2.24, 2.45) is 0 Å². The normalized spacial score (nSPS) is 11.7. The van der Waals surface area contributed by atoms with E-state index in [2.05, 4.69) is 11.3 Å². The molecule has 0 aromatic carbocycles. The van der Waals surface area contributed by atoms with Crippen LogP contribution in [0.5, 0.6) is 0 Å². The van der Waals surface area contributed by atoms with E-state index in [1.165, 1.54) is 0 Å². The summed E-state index contributed by atoms with van der Waals surface area (Å²) >= 11 is 0. The Morgan fingerprint density at radius 2 is 1.83 bits per heavy atom. The highest BCUT2D eigenvalue weighted by Crippen LogP contribution is 1.78. The zero-order valence-electron chi connectivity index (χ0n) is 3.21. The van der Waals surface area contributed by atoms with Crippen LogP contribution in [0.1, 0.15) is 0 Å². The van der Waals surface area contributed by atoms with E-state index >= 15 is 0 Å². The zero-order chi connectivity index (χ0) is 5.21. The van der Waals surface area contributed by atoms with E-state index in [-0.39, 0.29) is 0 Å². The van der Waals surface area contributed by atoms with Crippen LogP contribution in [0.3, 0.4) is 0 Å². The van der Waals surface area contributed by atoms with Gasteiger partial charge in [-0.05, 0) is 0 Å². The van der Waals surface area contributed by atoms with Gasteiger partial charge in [-0.3, -0.25) is 4.18 Å². The summed E-state index contributed by atoms with van der Waals surface area (Å²) in [5.74, 6) is 0. The highest BCUT2D eigenvalue weighted by atomic mass is 32.2. The summed E-state index contributed by atoms with van der Waals surface area (Å²) < 4.78 is 22.7. The molecule has 0 aliphatic heterocycles. The fourth-order valence-electron chi connectivity index (χ4n) is 0. The molecule has 0 N–H and O–H groups in total. The Morgan fingerprint density at radius 1 is 1.67 bits per heavy atom. The summed E-state index contributed by atoms with van der Waals surface area (Å²) in [6.45, 7) is 0. The summed E-state index contributed by atoms with van der Waals surface area (Å²) in [7, 11) is 0.833. The predicted molar refractivity (Wildman–Crippen MR) is 20.2 cm³/mol. The summed E-state index contributed by atoms with van der Waals surface area (Å²) in [6.07, 6.45) is 0.868. The van der Waals surface area contributed by atoms with Crippen LogP contribution in [0, 0.1) is 7.11 Å². The molecule has 0 aliphatic carbocycles. The molecule has 0 fully saturated rings. The first-order valence-electron chi connectivity index (χ1n) is 1.14. The average molecular weight is 108 g/mol. The van der Waals surface area contributed by atoms with Crippen molar-refractivity contribution in [3.8, 4) is 0 Å². The van der Waals surface area contributed by atoms with E-state index in [4.69, 9.17) is 0 Å². The van der Waals surface area contributed by atoms with Crippen LogP contribution in [0.15, 0.2) is 0 Å². The van der Waals surface area contributed by atoms with Gasteiger partial charge in [-0.25, -0.2) is 0 Å². The molecule has 0 spiro atoms. The molecule has 2 radical (unpaired) electrons. The lowest BCUT2D eigenvalue weighted by atomic mass is 11.8. The largest absolute Gasteiger partial charge is 0.264 e. The minimum atomic E-state index is -3.38. The van der Waals surface area contributed by atoms with E-state index in [9.17, 15) is 8.42 Å². The average Bonchev–Trinajstić information content (AvgIpc) is 1.35. The smallest absolute Gasteiger partial charge is 0.261 e. The lowest BCUT2D eigenvalue weighted by Gasteiger charge is -1.83. The van der Waals surface area contributed by atoms with Crippen LogP contribution in [0.4, 0.5) is 0 Å². The standard InChI is InChI=1S/C2H4O3S/c1-5-6(2,3)4/h1H,2H3. The molecule has 4 heteroatoms. The molecule has 36 valence electrons. The Kier molecular flexibility index (Phi) is 1.55. The van der Waals surface area contributed by atoms with Crippen molar-refractivity contribution >= 4 is 10.1 Å². The van der Waals surface area contributed by atoms with Crippen LogP contribution in [-0.4, -0.2) is 14.7 Å². The Labute approximate surface area is 37.1 Å². The first kappa shape index (κ1) is 5.91. The van der Waals surface area contributed by atoms with Gasteiger partial charge in [0.25, 0.3) is 10.1 Å². The molecule has 0 aliphatic rings. The molecule has 6 heavy (non-hydrogen) atoms. The Morgan fingerprint density at radius 3 is 1.83 bits per heavy atom. The van der Waals surface area contributed by atoms with Gasteiger partial charge in [0.15, 0.2) is 0 Å². The lowest BCUT2D eigenvalue weighted by molar-refractivity contribution is 0.444. The third-order valence-corrected chi connectivity index (χ3v) is 0.524. The van der Waals surface area contributed by atoms with Gasteiger partial charge in [-0.2, -0.15) is 8.42 Å². The van der Waals surface area contributed by atoms with Crippen molar-refractivity contribution < 1.29 is 12.6 Å². The molecule has 0 amide bonds. The number of hydrogen-bond acceptors (Lipinski definition) is 3. The number of hydrogen-bond donors (Lipinski definition) is 0. The Hall–Kier alpha value is -0.0900. The van der Waals surface area contributed by atoms with Gasteiger partial charge in [0.2, 0.25) is 0 Å². The van der Waals surface area contributed by atoms with Crippen molar-refractivity contribution in [3.63, 3.8) is 0 Å². The third-order valence-electron chi connectivity index (χ3n) is 0.175. The van der Waals surface area contributed by atoms with Crippen LogP contribution in [-0.2, 0) is 14.3 Å². The fourth-order valence-corrected chi connectivity index (χ4v) is 0. The van der Waals surface area contributed by atoms with Crippen molar-refractivity contribution in [2.75, 3.05) is 6.26 Å². The minimum absolute atomic E-state index is 0.868. The highest BCUT2D eigenvalue weighted by Gasteiger charge is 1.91. The molecule has 0 aromatic heterocycles. The Bertz CT molecular complexity index is 111. The van der Waals surface area contributed by atoms with Gasteiger partial charge in [-0.15, -0.1) is 0 Å². The molecule has 0 unspecified atom stereocenters. The molecule has 0 aromatic rings. The van der Waals surface area contributed by atoms with E-state index < -0.39 is 10.1 Å². The van der Waals surface area contributed by atoms with E-state index in [0.29, 0.717) is 0 Å². The summed E-state index contributed by atoms with van der Waals surface area (Å²) in [6, 6.07) is 0. The molecule has 0 heterocycles. The first-order chi connectivity index (χ1) is 2.56. The summed E-state index contributed by atoms with van der Waals surface area (Å²) in [4.78, 5) is 0. The molecular formula is C2H4O3S. The molecule has 3 nitrogen and oxygen atoms in total. The fraction of sp³-hybridized carbons (Fsp3) is 0.500. The maximum Gasteiger partial charge on any atom is 0.264 e. The second-order valence-corrected chi connectivity index (χ2v) is 2.40. The van der Waals surface area contributed by atoms with Crippen molar-refractivity contribution in [1.82, 2.24) is 0 Å². The van der Waals surface area contributed by atoms with Crippen molar-refractivity contribution in [2.45, 2.75) is 0 Å². The molecule has 0 saturated heterocycles. The van der Waals surface area contributed by atoms with Gasteiger partial charge in [0.1, 0.15) is 7.11 Å². The monoisotopic (exact) mass is 108 g/mol. The molecule has 0 atom stereocenters. The Balaban J connectivity index is 3.85. The molecule has 0 saturated carbocycles. The van der Waals surface area contributed by atoms with Gasteiger partial charge < -0.3 is 0 Å². The predicted octanol–water partition coefficient (Wildman–Crippen LogP) is -0.369. The highest BCUT2D eigenvalue weighted by molar-refractivity contribution is 7.86. The van der Waals surface area contributed by atoms with Crippen molar-refractivity contribution in [1.29, 1.82) is 0 Å². The van der Waals surface area contributed by atoms with Crippen LogP contribution in [0.25, 0.3) is 0 Å². The van der Waals surface area contributed by atoms with Gasteiger partial charge in [0.05, 0.1) is 6.26 Å². The van der Waals surface area contributed by atoms with Crippen molar-refractivity contribution in [3.05, 3.63) is 7.11 Å². The van der Waals surface area contributed by atoms with Gasteiger partial charge in [-0.1, -0.05) is 0 Å². The van der Waals surface area contributed by atoms with Crippen LogP contribution >= 0.6 is 0 Å². The third kappa shape index (κ3) is 3.91. The van der Waals surface area contributed by atoms with Gasteiger partial charge in [0, 0.05) is 0 Å². The van der Waals surface area contributed by atoms with Crippen LogP contribution in [0.2, 0.25) is 0 Å². The topological polar surface area (TPSA) is 43.4 Å². The molecule has 0 rings (SSSR count). The lowest BCUT2D eigenvalue weighted by Crippen LogP contribution is -1.93. The number of rotatable bonds is 1. The quantitative estimate of drug-likeness (QED) is 0.430.